The number of hydrogen-bond donors (Lipinski definition) is 1. The summed E-state index contributed by atoms with van der Waals surface area (Å²) in [5.74, 6) is 0.475. The van der Waals surface area contributed by atoms with Crippen LogP contribution in [0.3, 0.4) is 0 Å². The number of benzene rings is 2. The van der Waals surface area contributed by atoms with Gasteiger partial charge < -0.3 is 14.3 Å². The average molecular weight is 403 g/mol. The molecular formula is C23H21N3O4. The number of fused-ring (bicyclic) bond motifs is 1. The summed E-state index contributed by atoms with van der Waals surface area (Å²) in [6, 6.07) is 16.3. The number of aromatic amines is 1. The summed E-state index contributed by atoms with van der Waals surface area (Å²) in [6.07, 6.45) is 3.87. The van der Waals surface area contributed by atoms with Crippen LogP contribution in [0.2, 0.25) is 0 Å². The molecule has 7 nitrogen and oxygen atoms in total. The van der Waals surface area contributed by atoms with E-state index in [9.17, 15) is 14.9 Å². The highest BCUT2D eigenvalue weighted by atomic mass is 16.6. The molecule has 30 heavy (non-hydrogen) atoms. The summed E-state index contributed by atoms with van der Waals surface area (Å²) in [5, 5.41) is 11.7. The van der Waals surface area contributed by atoms with Gasteiger partial charge in [0.25, 0.3) is 11.6 Å². The Morgan fingerprint density at radius 2 is 1.97 bits per heavy atom. The standard InChI is InChI=1S/C23H21N3O4/c1-16-4-6-17(7-5-16)10-11-25(15-19-3-2-12-30-19)23(27)21-14-24-22-9-8-18(26(28)29)13-20(21)22/h2-9,12-14,24H,10-11,15H2,1H3. The molecule has 0 aliphatic rings. The third-order valence-electron chi connectivity index (χ3n) is 5.11. The van der Waals surface area contributed by atoms with Gasteiger partial charge in [-0.05, 0) is 37.1 Å². The van der Waals surface area contributed by atoms with Crippen molar-refractivity contribution in [2.45, 2.75) is 19.9 Å². The van der Waals surface area contributed by atoms with E-state index in [1.807, 2.05) is 25.1 Å². The number of rotatable bonds is 7. The number of nitrogens with zero attached hydrogens (tertiary/aromatic N) is 2. The Balaban J connectivity index is 1.63. The van der Waals surface area contributed by atoms with Crippen LogP contribution in [-0.4, -0.2) is 27.3 Å². The number of furan rings is 1. The number of nitro groups is 1. The van der Waals surface area contributed by atoms with Crippen LogP contribution in [0.25, 0.3) is 10.9 Å². The maximum atomic E-state index is 13.4. The number of nitrogens with one attached hydrogen (secondary N) is 1. The summed E-state index contributed by atoms with van der Waals surface area (Å²) in [4.78, 5) is 28.8. The monoisotopic (exact) mass is 403 g/mol. The van der Waals surface area contributed by atoms with Gasteiger partial charge in [0.05, 0.1) is 23.3 Å². The Labute approximate surface area is 173 Å². The van der Waals surface area contributed by atoms with Gasteiger partial charge in [-0.1, -0.05) is 29.8 Å². The Kier molecular flexibility index (Phi) is 5.34. The lowest BCUT2D eigenvalue weighted by atomic mass is 10.1. The van der Waals surface area contributed by atoms with E-state index >= 15 is 0 Å². The summed E-state index contributed by atoms with van der Waals surface area (Å²) in [5.41, 5.74) is 3.35. The minimum atomic E-state index is -0.460. The number of aryl methyl sites for hydroxylation is 1. The Morgan fingerprint density at radius 3 is 2.67 bits per heavy atom. The smallest absolute Gasteiger partial charge is 0.270 e. The number of H-pyrrole nitrogens is 1. The van der Waals surface area contributed by atoms with Crippen LogP contribution in [0.5, 0.6) is 0 Å². The minimum Gasteiger partial charge on any atom is -0.467 e. The lowest BCUT2D eigenvalue weighted by Crippen LogP contribution is -2.32. The summed E-state index contributed by atoms with van der Waals surface area (Å²) < 4.78 is 5.45. The van der Waals surface area contributed by atoms with Gasteiger partial charge in [0, 0.05) is 35.8 Å². The van der Waals surface area contributed by atoms with Crippen molar-refractivity contribution in [1.82, 2.24) is 9.88 Å². The highest BCUT2D eigenvalue weighted by Crippen LogP contribution is 2.25. The minimum absolute atomic E-state index is 0.0478. The molecule has 0 unspecified atom stereocenters. The molecule has 0 bridgehead atoms. The third-order valence-corrected chi connectivity index (χ3v) is 5.11. The van der Waals surface area contributed by atoms with Crippen LogP contribution >= 0.6 is 0 Å². The van der Waals surface area contributed by atoms with Crippen molar-refractivity contribution in [3.05, 3.63) is 99.6 Å². The zero-order valence-corrected chi connectivity index (χ0v) is 16.5. The van der Waals surface area contributed by atoms with Crippen molar-refractivity contribution >= 4 is 22.5 Å². The van der Waals surface area contributed by atoms with Gasteiger partial charge in [-0.15, -0.1) is 0 Å². The van der Waals surface area contributed by atoms with Crippen molar-refractivity contribution in [2.75, 3.05) is 6.54 Å². The van der Waals surface area contributed by atoms with Gasteiger partial charge in [0.2, 0.25) is 0 Å². The van der Waals surface area contributed by atoms with E-state index < -0.39 is 4.92 Å². The molecule has 1 amide bonds. The van der Waals surface area contributed by atoms with Crippen molar-refractivity contribution < 1.29 is 14.1 Å². The number of hydrogen-bond acceptors (Lipinski definition) is 4. The molecule has 0 fully saturated rings. The van der Waals surface area contributed by atoms with Crippen molar-refractivity contribution in [3.8, 4) is 0 Å². The number of amides is 1. The van der Waals surface area contributed by atoms with Crippen LogP contribution in [0.15, 0.2) is 71.5 Å². The van der Waals surface area contributed by atoms with Crippen molar-refractivity contribution in [3.63, 3.8) is 0 Å². The van der Waals surface area contributed by atoms with E-state index in [0.717, 1.165) is 5.56 Å². The first-order valence-electron chi connectivity index (χ1n) is 9.64. The molecule has 4 aromatic rings. The van der Waals surface area contributed by atoms with E-state index in [0.29, 0.717) is 41.7 Å². The zero-order chi connectivity index (χ0) is 21.1. The predicted molar refractivity (Wildman–Crippen MR) is 113 cm³/mol. The molecule has 0 radical (unpaired) electrons. The van der Waals surface area contributed by atoms with Crippen LogP contribution in [0.1, 0.15) is 27.2 Å². The molecule has 1 N–H and O–H groups in total. The number of aromatic nitrogens is 1. The lowest BCUT2D eigenvalue weighted by molar-refractivity contribution is -0.384. The van der Waals surface area contributed by atoms with Crippen molar-refractivity contribution in [2.24, 2.45) is 0 Å². The van der Waals surface area contributed by atoms with Gasteiger partial charge in [0.15, 0.2) is 0 Å². The average Bonchev–Trinajstić information content (AvgIpc) is 3.41. The Hall–Kier alpha value is -3.87. The van der Waals surface area contributed by atoms with Gasteiger partial charge in [-0.2, -0.15) is 0 Å². The molecule has 0 aliphatic heterocycles. The molecule has 2 aromatic carbocycles. The molecule has 2 aromatic heterocycles. The van der Waals surface area contributed by atoms with Gasteiger partial charge >= 0.3 is 0 Å². The first kappa shape index (κ1) is 19.4. The number of non-ortho nitro benzene ring substituents is 1. The van der Waals surface area contributed by atoms with Crippen LogP contribution < -0.4 is 0 Å². The maximum Gasteiger partial charge on any atom is 0.270 e. The molecule has 0 aliphatic carbocycles. The highest BCUT2D eigenvalue weighted by molar-refractivity contribution is 6.07. The van der Waals surface area contributed by atoms with E-state index in [4.69, 9.17) is 4.42 Å². The molecule has 4 rings (SSSR count). The molecule has 0 saturated heterocycles. The van der Waals surface area contributed by atoms with Gasteiger partial charge in [0.1, 0.15) is 5.76 Å². The molecular weight excluding hydrogens is 382 g/mol. The molecule has 152 valence electrons. The van der Waals surface area contributed by atoms with E-state index in [1.54, 1.807) is 29.5 Å². The molecule has 7 heteroatoms. The molecule has 2 heterocycles. The molecule has 0 spiro atoms. The summed E-state index contributed by atoms with van der Waals surface area (Å²) in [6.45, 7) is 2.84. The van der Waals surface area contributed by atoms with Crippen molar-refractivity contribution in [1.29, 1.82) is 0 Å². The topological polar surface area (TPSA) is 92.4 Å². The zero-order valence-electron chi connectivity index (χ0n) is 16.5. The summed E-state index contributed by atoms with van der Waals surface area (Å²) in [7, 11) is 0. The van der Waals surface area contributed by atoms with E-state index in [2.05, 4.69) is 17.1 Å². The van der Waals surface area contributed by atoms with E-state index in [1.165, 1.54) is 17.7 Å². The van der Waals surface area contributed by atoms with Crippen LogP contribution in [0.4, 0.5) is 5.69 Å². The largest absolute Gasteiger partial charge is 0.467 e. The predicted octanol–water partition coefficient (Wildman–Crippen LogP) is 4.86. The third kappa shape index (κ3) is 4.10. The first-order valence-corrected chi connectivity index (χ1v) is 9.64. The number of carbonyl (C=O) groups excluding carboxylic acids is 1. The lowest BCUT2D eigenvalue weighted by Gasteiger charge is -2.21. The fourth-order valence-electron chi connectivity index (χ4n) is 3.43. The number of carbonyl (C=O) groups is 1. The fourth-order valence-corrected chi connectivity index (χ4v) is 3.43. The first-order chi connectivity index (χ1) is 14.5. The normalized spacial score (nSPS) is 11.0. The maximum absolute atomic E-state index is 13.4. The summed E-state index contributed by atoms with van der Waals surface area (Å²) >= 11 is 0. The number of nitro benzene ring substituents is 1. The van der Waals surface area contributed by atoms with E-state index in [-0.39, 0.29) is 11.6 Å². The Morgan fingerprint density at radius 1 is 1.17 bits per heavy atom. The van der Waals surface area contributed by atoms with Gasteiger partial charge in [-0.25, -0.2) is 0 Å². The highest BCUT2D eigenvalue weighted by Gasteiger charge is 2.22. The van der Waals surface area contributed by atoms with Crippen LogP contribution in [-0.2, 0) is 13.0 Å². The van der Waals surface area contributed by atoms with Crippen LogP contribution in [0, 0.1) is 17.0 Å². The fraction of sp³-hybridized carbons (Fsp3) is 0.174. The molecule has 0 atom stereocenters. The SMILES string of the molecule is Cc1ccc(CCN(Cc2ccco2)C(=O)c2c[nH]c3ccc([N+](=O)[O-])cc23)cc1. The second kappa shape index (κ2) is 8.24. The second-order valence-electron chi connectivity index (χ2n) is 7.23. The Bertz CT molecular complexity index is 1180. The second-order valence-corrected chi connectivity index (χ2v) is 7.23. The molecule has 0 saturated carbocycles. The quantitative estimate of drug-likeness (QED) is 0.352. The van der Waals surface area contributed by atoms with Gasteiger partial charge in [-0.3, -0.25) is 14.9 Å².